The fourth-order valence-corrected chi connectivity index (χ4v) is 3.14. The van der Waals surface area contributed by atoms with Crippen LogP contribution < -0.4 is 16.2 Å². The van der Waals surface area contributed by atoms with E-state index in [2.05, 4.69) is 15.0 Å². The zero-order valence-electron chi connectivity index (χ0n) is 15.4. The van der Waals surface area contributed by atoms with Crippen molar-refractivity contribution in [2.45, 2.75) is 25.9 Å². The first-order valence-corrected chi connectivity index (χ1v) is 8.95. The second-order valence-corrected chi connectivity index (χ2v) is 6.79. The molecule has 27 heavy (non-hydrogen) atoms. The van der Waals surface area contributed by atoms with Gasteiger partial charge in [-0.1, -0.05) is 11.6 Å². The van der Waals surface area contributed by atoms with E-state index >= 15 is 0 Å². The lowest BCUT2D eigenvalue weighted by Crippen LogP contribution is -2.27. The Bertz CT molecular complexity index is 930. The molecular weight excluding hydrogens is 368 g/mol. The van der Waals surface area contributed by atoms with Gasteiger partial charge in [-0.3, -0.25) is 0 Å². The second-order valence-electron chi connectivity index (χ2n) is 6.36. The fourth-order valence-electron chi connectivity index (χ4n) is 2.88. The summed E-state index contributed by atoms with van der Waals surface area (Å²) >= 11 is 6.23. The second kappa shape index (κ2) is 8.51. The van der Waals surface area contributed by atoms with Crippen molar-refractivity contribution < 1.29 is 9.47 Å². The van der Waals surface area contributed by atoms with E-state index in [-0.39, 0.29) is 6.04 Å². The molecule has 0 radical (unpaired) electrons. The summed E-state index contributed by atoms with van der Waals surface area (Å²) in [6.45, 7) is 3.48. The molecule has 3 rings (SSSR count). The van der Waals surface area contributed by atoms with Gasteiger partial charge in [-0.25, -0.2) is 15.0 Å². The van der Waals surface area contributed by atoms with Gasteiger partial charge < -0.3 is 25.5 Å². The molecule has 8 nitrogen and oxygen atoms in total. The lowest BCUT2D eigenvalue weighted by Gasteiger charge is -2.17. The minimum absolute atomic E-state index is 0.0731. The number of rotatable bonds is 8. The average molecular weight is 391 g/mol. The summed E-state index contributed by atoms with van der Waals surface area (Å²) in [4.78, 5) is 12.6. The summed E-state index contributed by atoms with van der Waals surface area (Å²) < 4.78 is 13.0. The number of fused-ring (bicyclic) bond motifs is 1. The molecule has 3 aromatic rings. The van der Waals surface area contributed by atoms with E-state index in [1.54, 1.807) is 13.4 Å². The molecule has 9 heteroatoms. The van der Waals surface area contributed by atoms with Gasteiger partial charge in [-0.2, -0.15) is 0 Å². The van der Waals surface area contributed by atoms with Crippen molar-refractivity contribution in [2.24, 2.45) is 5.73 Å². The molecular formula is C18H23ClN6O2. The van der Waals surface area contributed by atoms with Gasteiger partial charge in [0.1, 0.15) is 17.6 Å². The third kappa shape index (κ3) is 4.47. The maximum Gasteiger partial charge on any atom is 0.165 e. The van der Waals surface area contributed by atoms with E-state index in [1.807, 2.05) is 23.6 Å². The summed E-state index contributed by atoms with van der Waals surface area (Å²) in [6, 6.07) is 3.65. The number of anilines is 1. The standard InChI is InChI=1S/C18H23ClN6O2/c1-11-5-12(19)6-15(27-4-3-13(20)8-26-2)14(11)7-25-10-24-16-17(21)22-9-23-18(16)25/h5-6,9-10,13H,3-4,7-8,20H2,1-2H3,(H2,21,22,23)/t13-/m0/s1. The Morgan fingerprint density at radius 2 is 2.07 bits per heavy atom. The first-order chi connectivity index (χ1) is 13.0. The van der Waals surface area contributed by atoms with Gasteiger partial charge >= 0.3 is 0 Å². The van der Waals surface area contributed by atoms with Crippen molar-refractivity contribution in [2.75, 3.05) is 26.1 Å². The van der Waals surface area contributed by atoms with Gasteiger partial charge in [0.15, 0.2) is 11.5 Å². The van der Waals surface area contributed by atoms with Crippen LogP contribution in [0.3, 0.4) is 0 Å². The van der Waals surface area contributed by atoms with Gasteiger partial charge in [0.05, 0.1) is 26.1 Å². The fraction of sp³-hybridized carbons (Fsp3) is 0.389. The summed E-state index contributed by atoms with van der Waals surface area (Å²) in [7, 11) is 1.63. The highest BCUT2D eigenvalue weighted by Crippen LogP contribution is 2.29. The number of nitrogen functional groups attached to an aromatic ring is 1. The molecule has 0 amide bonds. The topological polar surface area (TPSA) is 114 Å². The van der Waals surface area contributed by atoms with E-state index < -0.39 is 0 Å². The number of nitrogens with two attached hydrogens (primary N) is 2. The van der Waals surface area contributed by atoms with Crippen molar-refractivity contribution in [3.8, 4) is 5.75 Å². The Morgan fingerprint density at radius 1 is 1.26 bits per heavy atom. The molecule has 0 saturated heterocycles. The molecule has 4 N–H and O–H groups in total. The van der Waals surface area contributed by atoms with Crippen LogP contribution in [-0.2, 0) is 11.3 Å². The van der Waals surface area contributed by atoms with Crippen molar-refractivity contribution >= 4 is 28.6 Å². The zero-order chi connectivity index (χ0) is 19.4. The Kier molecular flexibility index (Phi) is 6.10. The monoisotopic (exact) mass is 390 g/mol. The minimum atomic E-state index is -0.0731. The first-order valence-electron chi connectivity index (χ1n) is 8.57. The lowest BCUT2D eigenvalue weighted by molar-refractivity contribution is 0.167. The molecule has 0 aliphatic heterocycles. The third-order valence-corrected chi connectivity index (χ3v) is 4.50. The van der Waals surface area contributed by atoms with Crippen LogP contribution in [0.4, 0.5) is 5.82 Å². The predicted octanol–water partition coefficient (Wildman–Crippen LogP) is 2.16. The lowest BCUT2D eigenvalue weighted by atomic mass is 10.1. The van der Waals surface area contributed by atoms with Gasteiger partial charge in [-0.15, -0.1) is 0 Å². The number of benzene rings is 1. The number of hydrogen-bond donors (Lipinski definition) is 2. The van der Waals surface area contributed by atoms with Crippen LogP contribution >= 0.6 is 11.6 Å². The molecule has 1 atom stereocenters. The van der Waals surface area contributed by atoms with Gasteiger partial charge in [0.2, 0.25) is 0 Å². The van der Waals surface area contributed by atoms with Crippen molar-refractivity contribution in [1.29, 1.82) is 0 Å². The minimum Gasteiger partial charge on any atom is -0.493 e. The van der Waals surface area contributed by atoms with Crippen molar-refractivity contribution in [3.63, 3.8) is 0 Å². The van der Waals surface area contributed by atoms with E-state index in [0.29, 0.717) is 53.9 Å². The molecule has 0 aliphatic carbocycles. The highest BCUT2D eigenvalue weighted by molar-refractivity contribution is 6.30. The molecule has 0 unspecified atom stereocenters. The van der Waals surface area contributed by atoms with Crippen LogP contribution in [-0.4, -0.2) is 45.9 Å². The summed E-state index contributed by atoms with van der Waals surface area (Å²) in [5.41, 5.74) is 15.1. The highest BCUT2D eigenvalue weighted by atomic mass is 35.5. The number of hydrogen-bond acceptors (Lipinski definition) is 7. The average Bonchev–Trinajstić information content (AvgIpc) is 3.02. The molecule has 2 aromatic heterocycles. The molecule has 0 bridgehead atoms. The number of imidazole rings is 1. The van der Waals surface area contributed by atoms with Crippen molar-refractivity contribution in [1.82, 2.24) is 19.5 Å². The number of aryl methyl sites for hydroxylation is 1. The van der Waals surface area contributed by atoms with E-state index in [9.17, 15) is 0 Å². The normalized spacial score (nSPS) is 12.4. The third-order valence-electron chi connectivity index (χ3n) is 4.28. The molecule has 0 saturated carbocycles. The van der Waals surface area contributed by atoms with Crippen molar-refractivity contribution in [3.05, 3.63) is 40.9 Å². The Hall–Kier alpha value is -2.42. The SMILES string of the molecule is COC[C@@H](N)CCOc1cc(Cl)cc(C)c1Cn1cnc2c(N)ncnc21. The summed E-state index contributed by atoms with van der Waals surface area (Å²) in [5, 5.41) is 0.620. The highest BCUT2D eigenvalue weighted by Gasteiger charge is 2.14. The van der Waals surface area contributed by atoms with E-state index in [0.717, 1.165) is 11.1 Å². The van der Waals surface area contributed by atoms with Crippen LogP contribution in [0.1, 0.15) is 17.5 Å². The molecule has 144 valence electrons. The Balaban J connectivity index is 1.84. The largest absolute Gasteiger partial charge is 0.493 e. The predicted molar refractivity (Wildman–Crippen MR) is 105 cm³/mol. The number of ether oxygens (including phenoxy) is 2. The number of nitrogens with zero attached hydrogens (tertiary/aromatic N) is 4. The summed E-state index contributed by atoms with van der Waals surface area (Å²) in [5.74, 6) is 1.07. The number of methoxy groups -OCH3 is 1. The maximum atomic E-state index is 6.23. The van der Waals surface area contributed by atoms with Crippen LogP contribution in [0, 0.1) is 6.92 Å². The molecule has 0 spiro atoms. The van der Waals surface area contributed by atoms with Crippen LogP contribution in [0.2, 0.25) is 5.02 Å². The molecule has 2 heterocycles. The zero-order valence-corrected chi connectivity index (χ0v) is 16.1. The quantitative estimate of drug-likeness (QED) is 0.605. The Morgan fingerprint density at radius 3 is 2.85 bits per heavy atom. The van der Waals surface area contributed by atoms with Crippen LogP contribution in [0.5, 0.6) is 5.75 Å². The van der Waals surface area contributed by atoms with Gasteiger partial charge in [0.25, 0.3) is 0 Å². The smallest absolute Gasteiger partial charge is 0.165 e. The van der Waals surface area contributed by atoms with E-state index in [4.69, 9.17) is 32.5 Å². The van der Waals surface area contributed by atoms with E-state index in [1.165, 1.54) is 6.33 Å². The van der Waals surface area contributed by atoms with Crippen LogP contribution in [0.15, 0.2) is 24.8 Å². The molecule has 0 aliphatic rings. The molecule has 0 fully saturated rings. The first kappa shape index (κ1) is 19.3. The van der Waals surface area contributed by atoms with Gasteiger partial charge in [-0.05, 0) is 31.0 Å². The molecule has 1 aromatic carbocycles. The maximum absolute atomic E-state index is 6.23. The summed E-state index contributed by atoms with van der Waals surface area (Å²) in [6.07, 6.45) is 3.80. The Labute approximate surface area is 162 Å². The van der Waals surface area contributed by atoms with Crippen LogP contribution in [0.25, 0.3) is 11.2 Å². The number of aromatic nitrogens is 4. The number of halogens is 1. The van der Waals surface area contributed by atoms with Gasteiger partial charge in [0, 0.05) is 23.7 Å².